The van der Waals surface area contributed by atoms with Crippen molar-refractivity contribution in [1.82, 2.24) is 0 Å². The van der Waals surface area contributed by atoms with Crippen LogP contribution in [0.1, 0.15) is 30.6 Å². The van der Waals surface area contributed by atoms with Gasteiger partial charge in [0.2, 0.25) is 0 Å². The van der Waals surface area contributed by atoms with Crippen LogP contribution in [0.5, 0.6) is 0 Å². The van der Waals surface area contributed by atoms with Crippen LogP contribution in [0.15, 0.2) is 22.7 Å². The quantitative estimate of drug-likeness (QED) is 0.812. The molecule has 0 saturated heterocycles. The zero-order valence-electron chi connectivity index (χ0n) is 11.0. The number of halogens is 4. The van der Waals surface area contributed by atoms with Gasteiger partial charge in [0.1, 0.15) is 6.10 Å². The van der Waals surface area contributed by atoms with Crippen molar-refractivity contribution in [3.8, 4) is 0 Å². The highest BCUT2D eigenvalue weighted by Crippen LogP contribution is 2.35. The first-order valence-electron chi connectivity index (χ1n) is 5.99. The lowest BCUT2D eigenvalue weighted by molar-refractivity contribution is -0.137. The second-order valence-electron chi connectivity index (χ2n) is 4.37. The van der Waals surface area contributed by atoms with E-state index in [1.54, 1.807) is 0 Å². The summed E-state index contributed by atoms with van der Waals surface area (Å²) in [7, 11) is 0. The highest BCUT2D eigenvalue weighted by molar-refractivity contribution is 9.10. The van der Waals surface area contributed by atoms with Crippen LogP contribution in [0.2, 0.25) is 0 Å². The molecule has 1 rings (SSSR count). The third-order valence-corrected chi connectivity index (χ3v) is 4.26. The third-order valence-electron chi connectivity index (χ3n) is 2.73. The summed E-state index contributed by atoms with van der Waals surface area (Å²) in [6.07, 6.45) is -6.80. The summed E-state index contributed by atoms with van der Waals surface area (Å²) < 4.78 is 37.7. The highest BCUT2D eigenvalue weighted by Gasteiger charge is 2.31. The number of hydrogen-bond acceptors (Lipinski definition) is 4. The fraction of sp³-hybridized carbons (Fsp3) is 0.462. The van der Waals surface area contributed by atoms with E-state index in [1.807, 2.05) is 0 Å². The summed E-state index contributed by atoms with van der Waals surface area (Å²) in [4.78, 5) is 10.8. The Morgan fingerprint density at radius 2 is 2.00 bits per heavy atom. The van der Waals surface area contributed by atoms with E-state index in [0.717, 1.165) is 30.0 Å². The lowest BCUT2D eigenvalue weighted by Crippen LogP contribution is -2.20. The molecule has 8 heteroatoms. The summed E-state index contributed by atoms with van der Waals surface area (Å²) >= 11 is 3.98. The van der Waals surface area contributed by atoms with Crippen molar-refractivity contribution in [1.29, 1.82) is 0 Å². The molecule has 0 heterocycles. The summed E-state index contributed by atoms with van der Waals surface area (Å²) in [5, 5.41) is 19.7. The molecule has 0 aromatic heterocycles. The Kier molecular flexibility index (Phi) is 6.71. The van der Waals surface area contributed by atoms with Gasteiger partial charge in [-0.05, 0) is 24.1 Å². The monoisotopic (exact) mass is 386 g/mol. The Bertz CT molecular complexity index is 508. The first kappa shape index (κ1) is 18.5. The number of carbonyl (C=O) groups is 1. The van der Waals surface area contributed by atoms with Crippen molar-refractivity contribution in [3.63, 3.8) is 0 Å². The van der Waals surface area contributed by atoms with Crippen LogP contribution in [-0.2, 0) is 11.0 Å². The fourth-order valence-electron chi connectivity index (χ4n) is 1.63. The minimum Gasteiger partial charge on any atom is -0.390 e. The molecule has 1 aromatic rings. The molecule has 0 aliphatic heterocycles. The van der Waals surface area contributed by atoms with Gasteiger partial charge in [-0.25, -0.2) is 0 Å². The van der Waals surface area contributed by atoms with Crippen molar-refractivity contribution >= 4 is 32.8 Å². The Morgan fingerprint density at radius 1 is 1.38 bits per heavy atom. The molecule has 118 valence electrons. The molecule has 21 heavy (non-hydrogen) atoms. The number of aliphatic hydroxyl groups excluding tert-OH is 2. The average Bonchev–Trinajstić information content (AvgIpc) is 2.36. The van der Waals surface area contributed by atoms with Gasteiger partial charge in [0.15, 0.2) is 5.12 Å². The van der Waals surface area contributed by atoms with Gasteiger partial charge in [0, 0.05) is 17.1 Å². The van der Waals surface area contributed by atoms with Crippen LogP contribution >= 0.6 is 27.7 Å². The van der Waals surface area contributed by atoms with Crippen molar-refractivity contribution in [2.24, 2.45) is 0 Å². The van der Waals surface area contributed by atoms with Crippen LogP contribution in [0.4, 0.5) is 13.2 Å². The zero-order chi connectivity index (χ0) is 16.2. The van der Waals surface area contributed by atoms with Crippen LogP contribution in [0.25, 0.3) is 0 Å². The molecule has 0 aliphatic rings. The molecule has 2 atom stereocenters. The predicted molar refractivity (Wildman–Crippen MR) is 77.9 cm³/mol. The van der Waals surface area contributed by atoms with E-state index in [0.29, 0.717) is 5.75 Å². The Morgan fingerprint density at radius 3 is 2.48 bits per heavy atom. The van der Waals surface area contributed by atoms with Gasteiger partial charge in [-0.1, -0.05) is 33.8 Å². The van der Waals surface area contributed by atoms with Crippen LogP contribution in [0, 0.1) is 0 Å². The van der Waals surface area contributed by atoms with E-state index in [-0.39, 0.29) is 21.6 Å². The molecular formula is C13H14BrF3O3S. The maximum absolute atomic E-state index is 12.5. The number of benzene rings is 1. The Labute approximate surface area is 132 Å². The van der Waals surface area contributed by atoms with Gasteiger partial charge in [-0.2, -0.15) is 13.2 Å². The number of rotatable bonds is 5. The first-order chi connectivity index (χ1) is 9.62. The van der Waals surface area contributed by atoms with Gasteiger partial charge in [-0.3, -0.25) is 4.79 Å². The molecule has 1 aromatic carbocycles. The molecule has 3 nitrogen and oxygen atoms in total. The van der Waals surface area contributed by atoms with E-state index in [4.69, 9.17) is 0 Å². The van der Waals surface area contributed by atoms with Crippen molar-refractivity contribution in [3.05, 3.63) is 33.8 Å². The van der Waals surface area contributed by atoms with Gasteiger partial charge < -0.3 is 10.2 Å². The number of hydrogen-bond donors (Lipinski definition) is 2. The van der Waals surface area contributed by atoms with Crippen molar-refractivity contribution < 1.29 is 28.2 Å². The van der Waals surface area contributed by atoms with E-state index in [9.17, 15) is 28.2 Å². The normalized spacial score (nSPS) is 14.8. The summed E-state index contributed by atoms with van der Waals surface area (Å²) in [6.45, 7) is 1.39. The summed E-state index contributed by atoms with van der Waals surface area (Å²) in [5.41, 5.74) is -0.671. The lowest BCUT2D eigenvalue weighted by Gasteiger charge is -2.20. The summed E-state index contributed by atoms with van der Waals surface area (Å²) in [6, 6.07) is 2.83. The molecule has 2 N–H and O–H groups in total. The first-order valence-corrected chi connectivity index (χ1v) is 7.77. The van der Waals surface area contributed by atoms with Gasteiger partial charge in [0.25, 0.3) is 0 Å². The standard InChI is InChI=1S/C13H14BrF3O3S/c1-7(18)21-5-4-11(19)12(20)9-3-2-8(6-10(9)14)13(15,16)17/h2-3,6,11-12,19-20H,4-5H2,1H3. The molecule has 0 radical (unpaired) electrons. The number of carbonyl (C=O) groups excluding carboxylic acids is 1. The molecule has 0 aliphatic carbocycles. The fourth-order valence-corrected chi connectivity index (χ4v) is 2.89. The molecule has 2 unspecified atom stereocenters. The number of alkyl halides is 3. The Balaban J connectivity index is 2.78. The smallest absolute Gasteiger partial charge is 0.390 e. The van der Waals surface area contributed by atoms with E-state index < -0.39 is 23.9 Å². The van der Waals surface area contributed by atoms with Gasteiger partial charge >= 0.3 is 6.18 Å². The largest absolute Gasteiger partial charge is 0.416 e. The molecule has 0 saturated carbocycles. The van der Waals surface area contributed by atoms with Gasteiger partial charge in [-0.15, -0.1) is 0 Å². The maximum Gasteiger partial charge on any atom is 0.416 e. The minimum atomic E-state index is -4.47. The lowest BCUT2D eigenvalue weighted by atomic mass is 10.0. The predicted octanol–water partition coefficient (Wildman–Crippen LogP) is 3.53. The average molecular weight is 387 g/mol. The van der Waals surface area contributed by atoms with Gasteiger partial charge in [0.05, 0.1) is 11.7 Å². The van der Waals surface area contributed by atoms with Crippen LogP contribution in [0.3, 0.4) is 0 Å². The second-order valence-corrected chi connectivity index (χ2v) is 6.50. The topological polar surface area (TPSA) is 57.5 Å². The zero-order valence-corrected chi connectivity index (χ0v) is 13.4. The van der Waals surface area contributed by atoms with Crippen LogP contribution < -0.4 is 0 Å². The van der Waals surface area contributed by atoms with Crippen LogP contribution in [-0.4, -0.2) is 27.2 Å². The minimum absolute atomic E-state index is 0.0723. The van der Waals surface area contributed by atoms with E-state index >= 15 is 0 Å². The maximum atomic E-state index is 12.5. The summed E-state index contributed by atoms with van der Waals surface area (Å²) in [5.74, 6) is 0.325. The SMILES string of the molecule is CC(=O)SCCC(O)C(O)c1ccc(C(F)(F)F)cc1Br. The third kappa shape index (κ3) is 5.61. The van der Waals surface area contributed by atoms with Crippen molar-refractivity contribution in [2.75, 3.05) is 5.75 Å². The van der Waals surface area contributed by atoms with Crippen molar-refractivity contribution in [2.45, 2.75) is 31.7 Å². The second kappa shape index (κ2) is 7.62. The molecule has 0 fully saturated rings. The Hall–Kier alpha value is -0.570. The highest BCUT2D eigenvalue weighted by atomic mass is 79.9. The number of aliphatic hydroxyl groups is 2. The molecule has 0 bridgehead atoms. The number of thioether (sulfide) groups is 1. The molecule has 0 amide bonds. The molecular weight excluding hydrogens is 373 g/mol. The van der Waals surface area contributed by atoms with E-state index in [1.165, 1.54) is 6.92 Å². The molecule has 0 spiro atoms. The van der Waals surface area contributed by atoms with E-state index in [2.05, 4.69) is 15.9 Å².